The maximum Gasteiger partial charge on any atom is 0.0635 e. The number of aromatic nitrogens is 1. The second-order valence-electron chi connectivity index (χ2n) is 5.12. The Hall–Kier alpha value is -0.970. The van der Waals surface area contributed by atoms with E-state index >= 15 is 0 Å². The first-order chi connectivity index (χ1) is 8.75. The molecule has 1 unspecified atom stereocenters. The maximum atomic E-state index is 5.59. The number of nitrogens with zero attached hydrogens (tertiary/aromatic N) is 2. The lowest BCUT2D eigenvalue weighted by Crippen LogP contribution is -2.50. The van der Waals surface area contributed by atoms with Gasteiger partial charge in [-0.05, 0) is 17.7 Å². The fourth-order valence-corrected chi connectivity index (χ4v) is 2.18. The molecule has 1 fully saturated rings. The molecule has 1 saturated heterocycles. The Morgan fingerprint density at radius 3 is 2.94 bits per heavy atom. The minimum atomic E-state index is 0.467. The minimum absolute atomic E-state index is 0.467. The van der Waals surface area contributed by atoms with Crippen molar-refractivity contribution in [2.75, 3.05) is 26.3 Å². The molecule has 4 nitrogen and oxygen atoms in total. The van der Waals surface area contributed by atoms with Gasteiger partial charge in [0.25, 0.3) is 0 Å². The van der Waals surface area contributed by atoms with Crippen molar-refractivity contribution in [3.05, 3.63) is 30.1 Å². The van der Waals surface area contributed by atoms with Gasteiger partial charge in [0.15, 0.2) is 0 Å². The molecule has 0 aliphatic carbocycles. The average molecular weight is 249 g/mol. The molecule has 1 atom stereocenters. The van der Waals surface area contributed by atoms with Crippen molar-refractivity contribution in [2.24, 2.45) is 0 Å². The van der Waals surface area contributed by atoms with Gasteiger partial charge in [0, 0.05) is 44.1 Å². The summed E-state index contributed by atoms with van der Waals surface area (Å²) in [5.74, 6) is 0. The van der Waals surface area contributed by atoms with Gasteiger partial charge >= 0.3 is 0 Å². The van der Waals surface area contributed by atoms with E-state index in [1.165, 1.54) is 5.56 Å². The average Bonchev–Trinajstić information content (AvgIpc) is 2.39. The fraction of sp³-hybridized carbons (Fsp3) is 0.643. The van der Waals surface area contributed by atoms with E-state index in [-0.39, 0.29) is 0 Å². The monoisotopic (exact) mass is 249 g/mol. The molecule has 18 heavy (non-hydrogen) atoms. The van der Waals surface area contributed by atoms with Crippen LogP contribution in [0, 0.1) is 0 Å². The van der Waals surface area contributed by atoms with Crippen LogP contribution in [0.25, 0.3) is 0 Å². The first-order valence-corrected chi connectivity index (χ1v) is 6.70. The Labute approximate surface area is 109 Å². The Bertz CT molecular complexity index is 342. The summed E-state index contributed by atoms with van der Waals surface area (Å²) in [6.07, 6.45) is 3.72. The topological polar surface area (TPSA) is 37.4 Å². The molecule has 1 aliphatic rings. The Morgan fingerprint density at radius 1 is 1.44 bits per heavy atom. The quantitative estimate of drug-likeness (QED) is 0.853. The van der Waals surface area contributed by atoms with Crippen LogP contribution < -0.4 is 5.32 Å². The Kier molecular flexibility index (Phi) is 5.11. The van der Waals surface area contributed by atoms with Gasteiger partial charge in [-0.2, -0.15) is 0 Å². The predicted octanol–water partition coefficient (Wildman–Crippen LogP) is 1.28. The van der Waals surface area contributed by atoms with Crippen molar-refractivity contribution in [3.63, 3.8) is 0 Å². The molecule has 0 bridgehead atoms. The second kappa shape index (κ2) is 6.83. The van der Waals surface area contributed by atoms with E-state index in [4.69, 9.17) is 4.74 Å². The summed E-state index contributed by atoms with van der Waals surface area (Å²) in [6.45, 7) is 8.99. The second-order valence-corrected chi connectivity index (χ2v) is 5.12. The molecule has 1 aliphatic heterocycles. The lowest BCUT2D eigenvalue weighted by atomic mass is 10.1. The van der Waals surface area contributed by atoms with Gasteiger partial charge in [-0.3, -0.25) is 9.88 Å². The number of hydrogen-bond acceptors (Lipinski definition) is 4. The van der Waals surface area contributed by atoms with E-state index in [2.05, 4.69) is 41.2 Å². The zero-order valence-corrected chi connectivity index (χ0v) is 11.3. The molecule has 2 heterocycles. The van der Waals surface area contributed by atoms with Crippen molar-refractivity contribution in [1.29, 1.82) is 0 Å². The maximum absolute atomic E-state index is 5.59. The lowest BCUT2D eigenvalue weighted by molar-refractivity contribution is -0.0114. The molecule has 100 valence electrons. The highest BCUT2D eigenvalue weighted by Crippen LogP contribution is 2.11. The molecular formula is C14H23N3O. The van der Waals surface area contributed by atoms with Crippen molar-refractivity contribution >= 4 is 0 Å². The van der Waals surface area contributed by atoms with E-state index < -0.39 is 0 Å². The van der Waals surface area contributed by atoms with Crippen LogP contribution in [-0.4, -0.2) is 48.3 Å². The first kappa shape index (κ1) is 13.5. The SMILES string of the molecule is CC(C)NCC1COCCN1Cc1ccncc1. The molecule has 0 radical (unpaired) electrons. The number of nitrogens with one attached hydrogen (secondary N) is 1. The summed E-state index contributed by atoms with van der Waals surface area (Å²) in [5.41, 5.74) is 1.32. The predicted molar refractivity (Wildman–Crippen MR) is 72.4 cm³/mol. The molecule has 1 N–H and O–H groups in total. The summed E-state index contributed by atoms with van der Waals surface area (Å²) in [4.78, 5) is 6.56. The highest BCUT2D eigenvalue weighted by atomic mass is 16.5. The van der Waals surface area contributed by atoms with E-state index in [1.807, 2.05) is 12.4 Å². The molecule has 0 spiro atoms. The van der Waals surface area contributed by atoms with Gasteiger partial charge in [-0.1, -0.05) is 13.8 Å². The molecule has 1 aromatic heterocycles. The standard InChI is InChI=1S/C14H23N3O/c1-12(2)16-9-14-11-18-8-7-17(14)10-13-3-5-15-6-4-13/h3-6,12,14,16H,7-11H2,1-2H3. The number of morpholine rings is 1. The summed E-state index contributed by atoms with van der Waals surface area (Å²) < 4.78 is 5.59. The zero-order chi connectivity index (χ0) is 12.8. The lowest BCUT2D eigenvalue weighted by Gasteiger charge is -2.36. The smallest absolute Gasteiger partial charge is 0.0635 e. The summed E-state index contributed by atoms with van der Waals surface area (Å²) >= 11 is 0. The minimum Gasteiger partial charge on any atom is -0.378 e. The van der Waals surface area contributed by atoms with Crippen molar-refractivity contribution in [3.8, 4) is 0 Å². The third kappa shape index (κ3) is 4.05. The number of hydrogen-bond donors (Lipinski definition) is 1. The van der Waals surface area contributed by atoms with Crippen LogP contribution in [-0.2, 0) is 11.3 Å². The van der Waals surface area contributed by atoms with Crippen LogP contribution >= 0.6 is 0 Å². The van der Waals surface area contributed by atoms with E-state index in [0.717, 1.165) is 32.8 Å². The van der Waals surface area contributed by atoms with Crippen LogP contribution in [0.15, 0.2) is 24.5 Å². The number of rotatable bonds is 5. The summed E-state index contributed by atoms with van der Waals surface area (Å²) in [5, 5.41) is 3.50. The molecular weight excluding hydrogens is 226 g/mol. The molecule has 0 amide bonds. The van der Waals surface area contributed by atoms with Crippen molar-refractivity contribution < 1.29 is 4.74 Å². The zero-order valence-electron chi connectivity index (χ0n) is 11.3. The third-order valence-electron chi connectivity index (χ3n) is 3.25. The van der Waals surface area contributed by atoms with E-state index in [0.29, 0.717) is 12.1 Å². The molecule has 1 aromatic rings. The first-order valence-electron chi connectivity index (χ1n) is 6.70. The van der Waals surface area contributed by atoms with Gasteiger partial charge in [-0.25, -0.2) is 0 Å². The number of ether oxygens (including phenoxy) is 1. The molecule has 0 aromatic carbocycles. The number of pyridine rings is 1. The highest BCUT2D eigenvalue weighted by molar-refractivity contribution is 5.09. The molecule has 4 heteroatoms. The van der Waals surface area contributed by atoms with Crippen LogP contribution in [0.4, 0.5) is 0 Å². The van der Waals surface area contributed by atoms with Crippen LogP contribution in [0.3, 0.4) is 0 Å². The highest BCUT2D eigenvalue weighted by Gasteiger charge is 2.22. The van der Waals surface area contributed by atoms with Crippen LogP contribution in [0.2, 0.25) is 0 Å². The normalized spacial score (nSPS) is 21.4. The third-order valence-corrected chi connectivity index (χ3v) is 3.25. The van der Waals surface area contributed by atoms with Crippen LogP contribution in [0.5, 0.6) is 0 Å². The van der Waals surface area contributed by atoms with Crippen molar-refractivity contribution in [2.45, 2.75) is 32.5 Å². The molecule has 0 saturated carbocycles. The van der Waals surface area contributed by atoms with Crippen molar-refractivity contribution in [1.82, 2.24) is 15.2 Å². The largest absolute Gasteiger partial charge is 0.378 e. The van der Waals surface area contributed by atoms with Gasteiger partial charge in [0.2, 0.25) is 0 Å². The van der Waals surface area contributed by atoms with E-state index in [9.17, 15) is 0 Å². The van der Waals surface area contributed by atoms with Gasteiger partial charge < -0.3 is 10.1 Å². The molecule has 2 rings (SSSR count). The van der Waals surface area contributed by atoms with Gasteiger partial charge in [-0.15, -0.1) is 0 Å². The summed E-state index contributed by atoms with van der Waals surface area (Å²) in [7, 11) is 0. The fourth-order valence-electron chi connectivity index (χ4n) is 2.18. The van der Waals surface area contributed by atoms with E-state index in [1.54, 1.807) is 0 Å². The summed E-state index contributed by atoms with van der Waals surface area (Å²) in [6, 6.07) is 5.16. The van der Waals surface area contributed by atoms with Gasteiger partial charge in [0.05, 0.1) is 13.2 Å². The van der Waals surface area contributed by atoms with Gasteiger partial charge in [0.1, 0.15) is 0 Å². The Balaban J connectivity index is 1.91. The van der Waals surface area contributed by atoms with Crippen LogP contribution in [0.1, 0.15) is 19.4 Å². The Morgan fingerprint density at radius 2 is 2.22 bits per heavy atom.